The van der Waals surface area contributed by atoms with Crippen LogP contribution in [0.3, 0.4) is 0 Å². The molecule has 0 bridgehead atoms. The van der Waals surface area contributed by atoms with Gasteiger partial charge in [0, 0.05) is 10.8 Å². The van der Waals surface area contributed by atoms with E-state index in [1.54, 1.807) is 0 Å². The van der Waals surface area contributed by atoms with Crippen LogP contribution in [0, 0.1) is 5.92 Å². The van der Waals surface area contributed by atoms with Gasteiger partial charge in [-0.2, -0.15) is 0 Å². The van der Waals surface area contributed by atoms with Crippen molar-refractivity contribution < 1.29 is 8.76 Å². The summed E-state index contributed by atoms with van der Waals surface area (Å²) in [5, 5.41) is 0. The zero-order valence-electron chi connectivity index (χ0n) is 8.28. The molecule has 14 heavy (non-hydrogen) atoms. The molecule has 0 heterocycles. The molecule has 1 N–H and O–H groups in total. The number of hydrogen-bond donors (Lipinski definition) is 2. The van der Waals surface area contributed by atoms with Gasteiger partial charge < -0.3 is 4.55 Å². The highest BCUT2D eigenvalue weighted by Gasteiger charge is 2.16. The van der Waals surface area contributed by atoms with Crippen LogP contribution in [0.5, 0.6) is 0 Å². The first-order valence-corrected chi connectivity index (χ1v) is 6.21. The molecular weight excluding hydrogens is 216 g/mol. The van der Waals surface area contributed by atoms with Crippen LogP contribution in [0.25, 0.3) is 0 Å². The topological polar surface area (TPSA) is 37.3 Å². The monoisotopic (exact) mass is 230 g/mol. The molecule has 0 aromatic rings. The molecule has 0 aliphatic heterocycles. The lowest BCUT2D eigenvalue weighted by molar-refractivity contribution is 0.563. The van der Waals surface area contributed by atoms with E-state index in [0.717, 1.165) is 22.5 Å². The van der Waals surface area contributed by atoms with Crippen LogP contribution < -0.4 is 0 Å². The summed E-state index contributed by atoms with van der Waals surface area (Å²) in [6.07, 6.45) is 3.01. The van der Waals surface area contributed by atoms with E-state index in [9.17, 15) is 4.21 Å². The summed E-state index contributed by atoms with van der Waals surface area (Å²) in [6.45, 7) is 4.03. The summed E-state index contributed by atoms with van der Waals surface area (Å²) < 4.78 is 19.5. The lowest BCUT2D eigenvalue weighted by atomic mass is 9.92. The number of hydrogen-bond acceptors (Lipinski definition) is 2. The highest BCUT2D eigenvalue weighted by molar-refractivity contribution is 7.84. The van der Waals surface area contributed by atoms with Gasteiger partial charge in [0.25, 0.3) is 0 Å². The largest absolute Gasteiger partial charge is 0.306 e. The fourth-order valence-corrected chi connectivity index (χ4v) is 2.24. The zero-order valence-corrected chi connectivity index (χ0v) is 9.99. The van der Waals surface area contributed by atoms with Crippen molar-refractivity contribution in [1.29, 1.82) is 0 Å². The van der Waals surface area contributed by atoms with E-state index >= 15 is 0 Å². The Morgan fingerprint density at radius 2 is 2.36 bits per heavy atom. The summed E-state index contributed by atoms with van der Waals surface area (Å²) in [5.41, 5.74) is 5.04. The quantitative estimate of drug-likeness (QED) is 0.444. The maximum atomic E-state index is 10.7. The molecule has 0 saturated heterocycles. The van der Waals surface area contributed by atoms with Crippen LogP contribution in [0.2, 0.25) is 0 Å². The van der Waals surface area contributed by atoms with Crippen LogP contribution in [-0.4, -0.2) is 14.5 Å². The first-order chi connectivity index (χ1) is 6.54. The van der Waals surface area contributed by atoms with Gasteiger partial charge in [-0.3, -0.25) is 0 Å². The minimum atomic E-state index is -1.79. The second-order valence-electron chi connectivity index (χ2n) is 3.33. The average molecular weight is 230 g/mol. The van der Waals surface area contributed by atoms with E-state index in [1.807, 2.05) is 6.92 Å². The van der Waals surface area contributed by atoms with Crippen molar-refractivity contribution in [3.8, 4) is 0 Å². The van der Waals surface area contributed by atoms with Gasteiger partial charge in [-0.05, 0) is 24.5 Å². The molecule has 4 heteroatoms. The van der Waals surface area contributed by atoms with Crippen LogP contribution in [0.15, 0.2) is 27.9 Å². The van der Waals surface area contributed by atoms with E-state index in [2.05, 4.69) is 31.4 Å². The van der Waals surface area contributed by atoms with Crippen molar-refractivity contribution in [3.63, 3.8) is 0 Å². The van der Waals surface area contributed by atoms with E-state index in [-0.39, 0.29) is 11.7 Å². The van der Waals surface area contributed by atoms with Crippen LogP contribution in [0.4, 0.5) is 0 Å². The molecule has 0 saturated carbocycles. The minimum Gasteiger partial charge on any atom is -0.306 e. The second kappa shape index (κ2) is 4.99. The molecule has 0 fully saturated rings. The number of rotatable bonds is 3. The lowest BCUT2D eigenvalue weighted by Crippen LogP contribution is -2.10. The van der Waals surface area contributed by atoms with Gasteiger partial charge in [0.1, 0.15) is 0 Å². The van der Waals surface area contributed by atoms with Gasteiger partial charge in [0.05, 0.1) is 5.75 Å². The summed E-state index contributed by atoms with van der Waals surface area (Å²) in [4.78, 5) is 0.773. The molecule has 0 amide bonds. The number of thiol groups is 1. The molecule has 0 radical (unpaired) electrons. The molecule has 0 spiro atoms. The smallest absolute Gasteiger partial charge is 0.157 e. The normalized spacial score (nSPS) is 23.7. The molecular formula is C10H14O2S2. The van der Waals surface area contributed by atoms with Crippen molar-refractivity contribution in [3.05, 3.63) is 27.9 Å². The highest BCUT2D eigenvalue weighted by Crippen LogP contribution is 2.27. The lowest BCUT2D eigenvalue weighted by Gasteiger charge is -2.17. The fraction of sp³-hybridized carbons (Fsp3) is 0.500. The van der Waals surface area contributed by atoms with Crippen molar-refractivity contribution in [1.82, 2.24) is 0 Å². The van der Waals surface area contributed by atoms with E-state index in [4.69, 9.17) is 4.55 Å². The molecule has 1 rings (SSSR count). The van der Waals surface area contributed by atoms with Crippen molar-refractivity contribution in [2.45, 2.75) is 20.3 Å². The molecule has 0 aromatic heterocycles. The third kappa shape index (κ3) is 2.85. The molecule has 2 unspecified atom stereocenters. The summed E-state index contributed by atoms with van der Waals surface area (Å²) in [6, 6.07) is 0. The van der Waals surface area contributed by atoms with Gasteiger partial charge >= 0.3 is 0 Å². The van der Waals surface area contributed by atoms with Crippen LogP contribution in [0.1, 0.15) is 20.3 Å². The van der Waals surface area contributed by atoms with E-state index < -0.39 is 11.1 Å². The molecule has 1 aliphatic rings. The van der Waals surface area contributed by atoms with Gasteiger partial charge in [-0.1, -0.05) is 13.0 Å². The Morgan fingerprint density at radius 3 is 2.86 bits per heavy atom. The standard InChI is InChI=1S/C10H14O2S2/c1-3-8-4-7(2)10(13)5-9(8)6-14(11)12/h4,8,13H,3,6H2,1-2H3,(H,11,12). The SMILES string of the molecule is CCC1C=C(C)C(S)=C=C1CS(=O)O. The Balaban J connectivity index is 3.02. The van der Waals surface area contributed by atoms with Crippen molar-refractivity contribution in [2.24, 2.45) is 5.92 Å². The first kappa shape index (κ1) is 11.8. The van der Waals surface area contributed by atoms with Crippen LogP contribution in [-0.2, 0) is 11.1 Å². The Labute approximate surface area is 92.5 Å². The predicted molar refractivity (Wildman–Crippen MR) is 62.7 cm³/mol. The molecule has 0 aromatic carbocycles. The fourth-order valence-electron chi connectivity index (χ4n) is 1.47. The Kier molecular flexibility index (Phi) is 4.20. The Bertz CT molecular complexity index is 349. The van der Waals surface area contributed by atoms with Crippen molar-refractivity contribution >= 4 is 23.7 Å². The maximum Gasteiger partial charge on any atom is 0.157 e. The third-order valence-corrected chi connectivity index (χ3v) is 3.29. The molecule has 2 atom stereocenters. The Morgan fingerprint density at radius 1 is 1.71 bits per heavy atom. The van der Waals surface area contributed by atoms with Gasteiger partial charge in [0.2, 0.25) is 0 Å². The van der Waals surface area contributed by atoms with Gasteiger partial charge in [0.15, 0.2) is 11.1 Å². The summed E-state index contributed by atoms with van der Waals surface area (Å²) >= 11 is 2.47. The summed E-state index contributed by atoms with van der Waals surface area (Å²) in [5.74, 6) is 0.411. The van der Waals surface area contributed by atoms with Crippen LogP contribution >= 0.6 is 12.6 Å². The zero-order chi connectivity index (χ0) is 10.7. The molecule has 2 nitrogen and oxygen atoms in total. The highest BCUT2D eigenvalue weighted by atomic mass is 32.2. The van der Waals surface area contributed by atoms with Gasteiger partial charge in [-0.15, -0.1) is 18.4 Å². The minimum absolute atomic E-state index is 0.173. The summed E-state index contributed by atoms with van der Waals surface area (Å²) in [7, 11) is 0. The maximum absolute atomic E-state index is 10.7. The first-order valence-electron chi connectivity index (χ1n) is 4.49. The molecule has 1 aliphatic carbocycles. The second-order valence-corrected chi connectivity index (χ2v) is 4.71. The van der Waals surface area contributed by atoms with Crippen molar-refractivity contribution in [2.75, 3.05) is 5.75 Å². The van der Waals surface area contributed by atoms with E-state index in [0.29, 0.717) is 0 Å². The predicted octanol–water partition coefficient (Wildman–Crippen LogP) is 2.53. The molecule has 78 valence electrons. The third-order valence-electron chi connectivity index (χ3n) is 2.27. The van der Waals surface area contributed by atoms with E-state index in [1.165, 1.54) is 0 Å². The Hall–Kier alpha value is -0.280. The number of allylic oxidation sites excluding steroid dienone is 1. The van der Waals surface area contributed by atoms with Gasteiger partial charge in [-0.25, -0.2) is 4.21 Å². The average Bonchev–Trinajstić information content (AvgIpc) is 2.10.